The predicted molar refractivity (Wildman–Crippen MR) is 76.1 cm³/mol. The zero-order chi connectivity index (χ0) is 14.2. The van der Waals surface area contributed by atoms with Gasteiger partial charge in [-0.1, -0.05) is 20.8 Å². The minimum atomic E-state index is -3.15. The maximum Gasteiger partial charge on any atom is 0.208 e. The van der Waals surface area contributed by atoms with Crippen LogP contribution in [0.1, 0.15) is 53.9 Å². The van der Waals surface area contributed by atoms with Crippen molar-refractivity contribution in [1.29, 1.82) is 0 Å². The fraction of sp³-hybridized carbons (Fsp3) is 1.00. The molecule has 1 aliphatic rings. The molecule has 1 saturated heterocycles. The van der Waals surface area contributed by atoms with Crippen LogP contribution in [0, 0.1) is 5.92 Å². The summed E-state index contributed by atoms with van der Waals surface area (Å²) in [6, 6.07) is 0.0103. The molecule has 5 heteroatoms. The molecule has 0 aromatic rings. The first-order chi connectivity index (χ1) is 8.05. The summed E-state index contributed by atoms with van der Waals surface area (Å²) in [5, 5.41) is 3.74. The van der Waals surface area contributed by atoms with Gasteiger partial charge in [0.15, 0.2) is 0 Å². The van der Waals surface area contributed by atoms with Crippen molar-refractivity contribution in [3.05, 3.63) is 0 Å². The van der Waals surface area contributed by atoms with Crippen LogP contribution in [0.25, 0.3) is 0 Å². The molecule has 0 saturated carbocycles. The Labute approximate surface area is 112 Å². The third-order valence-corrected chi connectivity index (χ3v) is 5.48. The van der Waals surface area contributed by atoms with Gasteiger partial charge in [0, 0.05) is 17.1 Å². The Morgan fingerprint density at radius 1 is 1.28 bits per heavy atom. The zero-order valence-electron chi connectivity index (χ0n) is 12.5. The molecule has 4 nitrogen and oxygen atoms in total. The second-order valence-electron chi connectivity index (χ2n) is 6.30. The van der Waals surface area contributed by atoms with Crippen molar-refractivity contribution in [2.45, 2.75) is 71.0 Å². The summed E-state index contributed by atoms with van der Waals surface area (Å²) in [4.78, 5) is 0. The zero-order valence-corrected chi connectivity index (χ0v) is 13.3. The van der Waals surface area contributed by atoms with Gasteiger partial charge in [0.2, 0.25) is 10.0 Å². The third-order valence-electron chi connectivity index (χ3n) is 4.75. The van der Waals surface area contributed by atoms with Gasteiger partial charge in [-0.25, -0.2) is 13.1 Å². The lowest BCUT2D eigenvalue weighted by molar-refractivity contribution is 0.0673. The maximum absolute atomic E-state index is 11.5. The molecule has 108 valence electrons. The first-order valence-electron chi connectivity index (χ1n) is 6.82. The van der Waals surface area contributed by atoms with Crippen molar-refractivity contribution < 1.29 is 8.42 Å². The largest absolute Gasteiger partial charge is 0.306 e. The third kappa shape index (κ3) is 3.45. The van der Waals surface area contributed by atoms with E-state index in [2.05, 4.69) is 44.7 Å². The molecule has 1 fully saturated rings. The summed E-state index contributed by atoms with van der Waals surface area (Å²) >= 11 is 0. The van der Waals surface area contributed by atoms with Gasteiger partial charge in [0.25, 0.3) is 0 Å². The Kier molecular flexibility index (Phi) is 4.51. The molecule has 0 radical (unpaired) electrons. The number of rotatable bonds is 4. The van der Waals surface area contributed by atoms with Crippen LogP contribution in [-0.2, 0) is 10.0 Å². The second-order valence-corrected chi connectivity index (χ2v) is 8.08. The molecule has 2 N–H and O–H groups in total. The van der Waals surface area contributed by atoms with E-state index in [1.807, 2.05) is 0 Å². The molecule has 1 heterocycles. The lowest BCUT2D eigenvalue weighted by Gasteiger charge is -2.53. The van der Waals surface area contributed by atoms with Crippen LogP contribution in [0.4, 0.5) is 0 Å². The van der Waals surface area contributed by atoms with Crippen molar-refractivity contribution in [3.63, 3.8) is 0 Å². The molecule has 0 bridgehead atoms. The van der Waals surface area contributed by atoms with Crippen molar-refractivity contribution >= 4 is 10.0 Å². The fourth-order valence-electron chi connectivity index (χ4n) is 3.02. The summed E-state index contributed by atoms with van der Waals surface area (Å²) in [6.45, 7) is 10.8. The summed E-state index contributed by atoms with van der Waals surface area (Å²) in [5.74, 6) is 0.275. The van der Waals surface area contributed by atoms with E-state index >= 15 is 0 Å². The van der Waals surface area contributed by atoms with Gasteiger partial charge in [0.1, 0.15) is 0 Å². The highest BCUT2D eigenvalue weighted by Gasteiger charge is 2.46. The van der Waals surface area contributed by atoms with Crippen molar-refractivity contribution in [2.75, 3.05) is 6.26 Å². The highest BCUT2D eigenvalue weighted by molar-refractivity contribution is 7.88. The molecule has 4 unspecified atom stereocenters. The summed E-state index contributed by atoms with van der Waals surface area (Å²) in [5.41, 5.74) is -0.0228. The van der Waals surface area contributed by atoms with E-state index in [1.54, 1.807) is 0 Å². The molecule has 1 aliphatic heterocycles. The van der Waals surface area contributed by atoms with Gasteiger partial charge in [-0.05, 0) is 39.0 Å². The lowest BCUT2D eigenvalue weighted by atomic mass is 9.69. The van der Waals surface area contributed by atoms with Crippen molar-refractivity contribution in [1.82, 2.24) is 10.0 Å². The molecule has 0 amide bonds. The van der Waals surface area contributed by atoms with E-state index in [-0.39, 0.29) is 23.0 Å². The Balaban J connectivity index is 3.03. The lowest BCUT2D eigenvalue weighted by Crippen LogP contribution is -2.68. The monoisotopic (exact) mass is 276 g/mol. The number of sulfonamides is 1. The van der Waals surface area contributed by atoms with Crippen LogP contribution in [-0.4, -0.2) is 31.8 Å². The van der Waals surface area contributed by atoms with E-state index in [9.17, 15) is 8.42 Å². The number of hydrogen-bond acceptors (Lipinski definition) is 3. The highest BCUT2D eigenvalue weighted by atomic mass is 32.2. The van der Waals surface area contributed by atoms with Crippen molar-refractivity contribution in [3.8, 4) is 0 Å². The van der Waals surface area contributed by atoms with Crippen LogP contribution < -0.4 is 10.0 Å². The average molecular weight is 276 g/mol. The number of nitrogens with one attached hydrogen (secondary N) is 2. The summed E-state index contributed by atoms with van der Waals surface area (Å²) in [6.07, 6.45) is 4.07. The van der Waals surface area contributed by atoms with Gasteiger partial charge in [0.05, 0.1) is 6.26 Å². The standard InChI is InChI=1S/C13H28N2O2S/c1-7-12(4)9-11(14-18(6,16)17)10(3)13(5,8-2)15-12/h10-11,14-15H,7-9H2,1-6H3. The Bertz CT molecular complexity index is 396. The molecule has 0 aromatic carbocycles. The van der Waals surface area contributed by atoms with Gasteiger partial charge >= 0.3 is 0 Å². The Hall–Kier alpha value is -0.130. The van der Waals surface area contributed by atoms with Gasteiger partial charge in [-0.3, -0.25) is 0 Å². The van der Waals surface area contributed by atoms with Gasteiger partial charge < -0.3 is 5.32 Å². The van der Waals surface area contributed by atoms with E-state index in [1.165, 1.54) is 6.26 Å². The van der Waals surface area contributed by atoms with Crippen LogP contribution in [0.2, 0.25) is 0 Å². The first-order valence-corrected chi connectivity index (χ1v) is 8.71. The molecule has 0 spiro atoms. The molecule has 4 atom stereocenters. The SMILES string of the molecule is CCC1(C)CC(NS(C)(=O)=O)C(C)C(C)(CC)N1. The van der Waals surface area contributed by atoms with E-state index < -0.39 is 10.0 Å². The molecule has 18 heavy (non-hydrogen) atoms. The van der Waals surface area contributed by atoms with E-state index in [0.29, 0.717) is 0 Å². The first kappa shape index (κ1) is 15.9. The Morgan fingerprint density at radius 3 is 2.22 bits per heavy atom. The number of piperidine rings is 1. The maximum atomic E-state index is 11.5. The van der Waals surface area contributed by atoms with Gasteiger partial charge in [-0.15, -0.1) is 0 Å². The molecule has 0 aromatic heterocycles. The molecule has 1 rings (SSSR count). The normalized spacial score (nSPS) is 41.9. The fourth-order valence-corrected chi connectivity index (χ4v) is 3.86. The van der Waals surface area contributed by atoms with Crippen molar-refractivity contribution in [2.24, 2.45) is 5.92 Å². The van der Waals surface area contributed by atoms with Crippen LogP contribution in [0.3, 0.4) is 0 Å². The minimum Gasteiger partial charge on any atom is -0.306 e. The topological polar surface area (TPSA) is 58.2 Å². The van der Waals surface area contributed by atoms with Gasteiger partial charge in [-0.2, -0.15) is 0 Å². The smallest absolute Gasteiger partial charge is 0.208 e. The van der Waals surface area contributed by atoms with Crippen LogP contribution >= 0.6 is 0 Å². The highest BCUT2D eigenvalue weighted by Crippen LogP contribution is 2.37. The second kappa shape index (κ2) is 5.10. The quantitative estimate of drug-likeness (QED) is 0.824. The molecular weight excluding hydrogens is 248 g/mol. The Morgan fingerprint density at radius 2 is 1.83 bits per heavy atom. The molecular formula is C13H28N2O2S. The van der Waals surface area contributed by atoms with E-state index in [4.69, 9.17) is 0 Å². The average Bonchev–Trinajstić information content (AvgIpc) is 2.23. The van der Waals surface area contributed by atoms with Crippen LogP contribution in [0.15, 0.2) is 0 Å². The van der Waals surface area contributed by atoms with Crippen LogP contribution in [0.5, 0.6) is 0 Å². The summed E-state index contributed by atoms with van der Waals surface area (Å²) < 4.78 is 25.8. The van der Waals surface area contributed by atoms with E-state index in [0.717, 1.165) is 19.3 Å². The predicted octanol–water partition coefficient (Wildman–Crippen LogP) is 1.87. The minimum absolute atomic E-state index is 0.000370. The summed E-state index contributed by atoms with van der Waals surface area (Å²) in [7, 11) is -3.15. The number of hydrogen-bond donors (Lipinski definition) is 2. The molecule has 0 aliphatic carbocycles.